The molecular formula is C80H81BF4N8O13. The van der Waals surface area contributed by atoms with Crippen LogP contribution in [0.2, 0.25) is 0 Å². The lowest BCUT2D eigenvalue weighted by molar-refractivity contribution is -0.385. The van der Waals surface area contributed by atoms with E-state index in [1.165, 1.54) is 112 Å². The zero-order chi connectivity index (χ0) is 75.0. The molecule has 7 N–H and O–H groups in total. The van der Waals surface area contributed by atoms with Crippen LogP contribution in [0.15, 0.2) is 262 Å². The minimum absolute atomic E-state index is 0. The number of nitrogen functional groups attached to an aromatic ring is 1. The third kappa shape index (κ3) is 24.1. The lowest BCUT2D eigenvalue weighted by Gasteiger charge is -2.13. The molecule has 12 rings (SSSR count). The highest BCUT2D eigenvalue weighted by Gasteiger charge is 2.17. The average Bonchev–Trinajstić information content (AvgIpc) is 0.808. The number of H-pyrrole nitrogens is 1. The van der Waals surface area contributed by atoms with Crippen molar-refractivity contribution in [3.63, 3.8) is 0 Å². The standard InChI is InChI=1S/C21H19FN2O3.C18H13FN2O3.C18H15FN2O.C12H10FNO.C6H6BNO4.C2H6O.3CH4/c1-3-27-21(26)23-17-5-4-6-18(12-17)24-13-19(14(2)11-20(24)25)15-7-9-16(22)10-8-15;1-12-9-18(22)20(15-3-2-4-16(10-15)21(23)24)11-17(12)13-5-7-14(19)8-6-13;1-12-9-18(22)21(16-4-2-3-15(20)10-16)11-17(12)13-5-7-14(19)8-6-13;1-8-6-12(15)14-7-11(8)9-2-4-10(13)5-3-9;9-7(10)5-2-1-3-6(4-5)8(11)12;1-2-3;;;/h4-13H,3H2,1-2H3,(H,23,26);2-11H,1H3;2-11H,20H2,1H3;2-7H,1H3,(H,14,15);1-4,9-10H;3H,2H2,1H3;3*1H4. The van der Waals surface area contributed by atoms with Crippen molar-refractivity contribution >= 4 is 41.4 Å². The minimum atomic E-state index is -1.66. The molecule has 0 aliphatic heterocycles. The Morgan fingerprint density at radius 1 is 0.491 bits per heavy atom. The van der Waals surface area contributed by atoms with Crippen LogP contribution in [-0.2, 0) is 4.74 Å². The Bertz CT molecular complexity index is 5190. The van der Waals surface area contributed by atoms with E-state index in [0.717, 1.165) is 72.8 Å². The van der Waals surface area contributed by atoms with E-state index in [0.29, 0.717) is 28.4 Å². The van der Waals surface area contributed by atoms with Crippen molar-refractivity contribution in [3.05, 3.63) is 350 Å². The fourth-order valence-corrected chi connectivity index (χ4v) is 10.0. The second-order valence-corrected chi connectivity index (χ2v) is 22.5. The molecule has 26 heteroatoms. The number of aromatic nitrogens is 4. The number of halogens is 4. The van der Waals surface area contributed by atoms with Crippen LogP contribution in [0.1, 0.15) is 58.4 Å². The monoisotopic (exact) mass is 1450 g/mol. The van der Waals surface area contributed by atoms with Crippen LogP contribution in [-0.4, -0.2) is 70.1 Å². The SMILES string of the molecule is C.C.C.CCO.CCOC(=O)Nc1cccc(-n2cc(-c3ccc(F)cc3)c(C)cc2=O)c1.Cc1cc(=O)[nH]cc1-c1ccc(F)cc1.Cc1cc(=O)n(-c2cccc(N)c2)cc1-c1ccc(F)cc1.Cc1cc(=O)n(-c2cccc([N+](=O)[O-])c2)cc1-c1ccc(F)cc1.O=[N+]([O-])c1cccc(B(O)O)c1. The van der Waals surface area contributed by atoms with Crippen molar-refractivity contribution in [2.75, 3.05) is 24.3 Å². The number of pyridine rings is 4. The number of aliphatic hydroxyl groups excluding tert-OH is 1. The molecule has 0 atom stereocenters. The number of aromatic amines is 1. The number of non-ortho nitro benzene ring substituents is 2. The second-order valence-electron chi connectivity index (χ2n) is 22.5. The van der Waals surface area contributed by atoms with E-state index in [-0.39, 0.29) is 97.8 Å². The number of carbonyl (C=O) groups is 1. The third-order valence-electron chi connectivity index (χ3n) is 15.0. The van der Waals surface area contributed by atoms with Gasteiger partial charge in [0.15, 0.2) is 0 Å². The lowest BCUT2D eigenvalue weighted by atomic mass is 9.80. The molecule has 0 saturated carbocycles. The highest BCUT2D eigenvalue weighted by atomic mass is 19.1. The largest absolute Gasteiger partial charge is 0.488 e. The Morgan fingerprint density at radius 3 is 1.20 bits per heavy atom. The van der Waals surface area contributed by atoms with Gasteiger partial charge in [-0.05, 0) is 183 Å². The van der Waals surface area contributed by atoms with Gasteiger partial charge in [-0.1, -0.05) is 101 Å². The summed E-state index contributed by atoms with van der Waals surface area (Å²) in [5.74, 6) is -1.21. The number of amides is 1. The molecule has 4 heterocycles. The van der Waals surface area contributed by atoms with Crippen LogP contribution in [0.5, 0.6) is 0 Å². The maximum Gasteiger partial charge on any atom is 0.488 e. The highest BCUT2D eigenvalue weighted by Crippen LogP contribution is 2.28. The topological polar surface area (TPSA) is 310 Å². The van der Waals surface area contributed by atoms with Crippen LogP contribution in [0.25, 0.3) is 61.6 Å². The molecule has 4 aromatic heterocycles. The summed E-state index contributed by atoms with van der Waals surface area (Å²) in [5.41, 5.74) is 17.6. The maximum atomic E-state index is 13.2. The number of nitrogens with one attached hydrogen (secondary N) is 2. The van der Waals surface area contributed by atoms with Crippen molar-refractivity contribution < 1.29 is 52.1 Å². The molecule has 0 aliphatic carbocycles. The molecule has 0 spiro atoms. The first-order valence-corrected chi connectivity index (χ1v) is 31.5. The molecule has 0 unspecified atom stereocenters. The summed E-state index contributed by atoms with van der Waals surface area (Å²) in [5, 5.41) is 48.7. The van der Waals surface area contributed by atoms with Gasteiger partial charge in [-0.3, -0.25) is 58.4 Å². The Kier molecular flexibility index (Phi) is 32.8. The first-order chi connectivity index (χ1) is 49.2. The van der Waals surface area contributed by atoms with E-state index >= 15 is 0 Å². The number of hydrogen-bond acceptors (Lipinski definition) is 14. The number of ether oxygens (including phenoxy) is 1. The fraction of sp³-hybridized carbons (Fsp3) is 0.138. The summed E-state index contributed by atoms with van der Waals surface area (Å²) in [6.07, 6.45) is 6.18. The normalized spacial score (nSPS) is 9.97. The van der Waals surface area contributed by atoms with Gasteiger partial charge in [-0.15, -0.1) is 0 Å². The first kappa shape index (κ1) is 85.5. The number of aryl methyl sites for hydroxylation is 4. The van der Waals surface area contributed by atoms with Crippen molar-refractivity contribution in [2.24, 2.45) is 0 Å². The molecule has 0 saturated heterocycles. The van der Waals surface area contributed by atoms with Crippen molar-refractivity contribution in [1.82, 2.24) is 18.7 Å². The maximum absolute atomic E-state index is 13.2. The van der Waals surface area contributed by atoms with Crippen molar-refractivity contribution in [2.45, 2.75) is 63.8 Å². The quantitative estimate of drug-likeness (QED) is 0.0218. The van der Waals surface area contributed by atoms with Gasteiger partial charge in [0.1, 0.15) is 23.3 Å². The predicted molar refractivity (Wildman–Crippen MR) is 411 cm³/mol. The summed E-state index contributed by atoms with van der Waals surface area (Å²) in [6, 6.07) is 55.6. The lowest BCUT2D eigenvalue weighted by Crippen LogP contribution is -2.29. The molecule has 0 bridgehead atoms. The Hall–Kier alpha value is -12.9. The van der Waals surface area contributed by atoms with E-state index in [9.17, 15) is 61.8 Å². The number of aliphatic hydroxyl groups is 1. The summed E-state index contributed by atoms with van der Waals surface area (Å²) in [4.78, 5) is 82.3. The Labute approximate surface area is 609 Å². The van der Waals surface area contributed by atoms with Gasteiger partial charge in [0.05, 0.1) is 33.5 Å². The van der Waals surface area contributed by atoms with Gasteiger partial charge in [0.2, 0.25) is 5.56 Å². The molecular weight excluding hydrogens is 1370 g/mol. The van der Waals surface area contributed by atoms with Crippen LogP contribution in [0.4, 0.5) is 45.1 Å². The number of nitrogens with two attached hydrogens (primary N) is 1. The van der Waals surface area contributed by atoms with Gasteiger partial charge < -0.3 is 30.6 Å². The Morgan fingerprint density at radius 2 is 0.830 bits per heavy atom. The molecule has 0 radical (unpaired) electrons. The summed E-state index contributed by atoms with van der Waals surface area (Å²) in [6.45, 7) is 11.3. The molecule has 12 aromatic rings. The number of benzene rings is 8. The van der Waals surface area contributed by atoms with Crippen LogP contribution in [0.3, 0.4) is 0 Å². The second kappa shape index (κ2) is 40.7. The predicted octanol–water partition coefficient (Wildman–Crippen LogP) is 15.6. The van der Waals surface area contributed by atoms with Gasteiger partial charge in [-0.2, -0.15) is 0 Å². The number of nitro benzene ring substituents is 2. The summed E-state index contributed by atoms with van der Waals surface area (Å²) >= 11 is 0. The number of nitro groups is 2. The van der Waals surface area contributed by atoms with Crippen LogP contribution in [0, 0.1) is 71.2 Å². The van der Waals surface area contributed by atoms with E-state index in [1.54, 1.807) is 153 Å². The number of nitrogens with zero attached hydrogens (tertiary/aromatic N) is 5. The van der Waals surface area contributed by atoms with E-state index in [2.05, 4.69) is 10.3 Å². The third-order valence-corrected chi connectivity index (χ3v) is 15.0. The van der Waals surface area contributed by atoms with Crippen molar-refractivity contribution in [3.8, 4) is 61.6 Å². The van der Waals surface area contributed by atoms with Gasteiger partial charge in [0, 0.05) is 114 Å². The van der Waals surface area contributed by atoms with Gasteiger partial charge in [-0.25, -0.2) is 22.4 Å². The fourth-order valence-electron chi connectivity index (χ4n) is 10.0. The molecule has 0 aliphatic rings. The van der Waals surface area contributed by atoms with Gasteiger partial charge in [0.25, 0.3) is 28.1 Å². The molecule has 1 amide bonds. The van der Waals surface area contributed by atoms with Gasteiger partial charge >= 0.3 is 13.2 Å². The first-order valence-electron chi connectivity index (χ1n) is 31.5. The highest BCUT2D eigenvalue weighted by molar-refractivity contribution is 6.58. The van der Waals surface area contributed by atoms with Crippen LogP contribution >= 0.6 is 0 Å². The van der Waals surface area contributed by atoms with E-state index < -0.39 is 23.1 Å². The van der Waals surface area contributed by atoms with E-state index in [1.807, 2.05) is 26.8 Å². The smallest absolute Gasteiger partial charge is 0.450 e. The number of anilines is 2. The number of carbonyl (C=O) groups excluding carboxylic acids is 1. The summed E-state index contributed by atoms with van der Waals surface area (Å²) in [7, 11) is -1.66. The Balaban J connectivity index is 0.000000282. The van der Waals surface area contributed by atoms with Crippen LogP contribution < -0.4 is 38.8 Å². The average molecular weight is 1450 g/mol. The zero-order valence-electron chi connectivity index (χ0n) is 56.3. The molecule has 21 nitrogen and oxygen atoms in total. The van der Waals surface area contributed by atoms with Crippen molar-refractivity contribution in [1.29, 1.82) is 0 Å². The number of hydrogen-bond donors (Lipinski definition) is 6. The summed E-state index contributed by atoms with van der Waals surface area (Å²) < 4.78 is 61.4. The van der Waals surface area contributed by atoms with E-state index in [4.69, 9.17) is 25.6 Å². The molecule has 550 valence electrons. The molecule has 8 aromatic carbocycles. The minimum Gasteiger partial charge on any atom is -0.450 e. The molecule has 106 heavy (non-hydrogen) atoms. The molecule has 0 fully saturated rings. The number of rotatable bonds is 12. The zero-order valence-corrected chi connectivity index (χ0v) is 56.3.